The van der Waals surface area contributed by atoms with Gasteiger partial charge in [0.25, 0.3) is 0 Å². The van der Waals surface area contributed by atoms with E-state index in [9.17, 15) is 0 Å². The van der Waals surface area contributed by atoms with E-state index in [1.165, 1.54) is 5.56 Å². The molecule has 0 bridgehead atoms. The lowest BCUT2D eigenvalue weighted by atomic mass is 9.94. The van der Waals surface area contributed by atoms with Gasteiger partial charge in [-0.15, -0.1) is 0 Å². The van der Waals surface area contributed by atoms with Crippen LogP contribution in [0.2, 0.25) is 0 Å². The Morgan fingerprint density at radius 2 is 2.33 bits per heavy atom. The number of rotatable bonds is 4. The molecule has 1 aliphatic heterocycles. The van der Waals surface area contributed by atoms with Crippen molar-refractivity contribution in [3.63, 3.8) is 0 Å². The van der Waals surface area contributed by atoms with E-state index in [0.717, 1.165) is 26.0 Å². The molecular formula is C14H22N2O2. The summed E-state index contributed by atoms with van der Waals surface area (Å²) in [5, 5.41) is 3.57. The van der Waals surface area contributed by atoms with Crippen molar-refractivity contribution in [3.8, 4) is 5.88 Å². The highest BCUT2D eigenvalue weighted by molar-refractivity contribution is 5.17. The lowest BCUT2D eigenvalue weighted by Gasteiger charge is -2.36. The van der Waals surface area contributed by atoms with Gasteiger partial charge in [0.05, 0.1) is 12.7 Å². The smallest absolute Gasteiger partial charge is 0.212 e. The molecule has 1 fully saturated rings. The number of hydrogen-bond acceptors (Lipinski definition) is 4. The molecule has 18 heavy (non-hydrogen) atoms. The summed E-state index contributed by atoms with van der Waals surface area (Å²) in [6.07, 6.45) is 3.99. The molecule has 0 amide bonds. The van der Waals surface area contributed by atoms with E-state index in [1.807, 2.05) is 18.3 Å². The molecular weight excluding hydrogens is 228 g/mol. The van der Waals surface area contributed by atoms with Crippen molar-refractivity contribution in [1.29, 1.82) is 0 Å². The van der Waals surface area contributed by atoms with Gasteiger partial charge in [-0.25, -0.2) is 4.98 Å². The maximum Gasteiger partial charge on any atom is 0.212 e. The third-order valence-electron chi connectivity index (χ3n) is 3.30. The molecule has 2 heterocycles. The fourth-order valence-corrected chi connectivity index (χ4v) is 2.30. The maximum atomic E-state index is 5.71. The zero-order valence-electron chi connectivity index (χ0n) is 11.4. The topological polar surface area (TPSA) is 43.4 Å². The monoisotopic (exact) mass is 250 g/mol. The quantitative estimate of drug-likeness (QED) is 0.889. The van der Waals surface area contributed by atoms with E-state index in [-0.39, 0.29) is 5.60 Å². The van der Waals surface area contributed by atoms with E-state index in [2.05, 4.69) is 24.1 Å². The Hall–Kier alpha value is -1.13. The van der Waals surface area contributed by atoms with Crippen LogP contribution in [0.15, 0.2) is 18.3 Å². The largest absolute Gasteiger partial charge is 0.481 e. The number of ether oxygens (including phenoxy) is 2. The normalized spacial score (nSPS) is 22.7. The van der Waals surface area contributed by atoms with Gasteiger partial charge in [-0.1, -0.05) is 6.07 Å². The molecule has 0 aliphatic carbocycles. The van der Waals surface area contributed by atoms with Crippen LogP contribution >= 0.6 is 0 Å². The molecule has 1 aliphatic rings. The number of nitrogens with one attached hydrogen (secondary N) is 1. The van der Waals surface area contributed by atoms with Crippen LogP contribution in [-0.2, 0) is 11.3 Å². The van der Waals surface area contributed by atoms with Crippen molar-refractivity contribution < 1.29 is 9.47 Å². The zero-order chi connectivity index (χ0) is 13.0. The van der Waals surface area contributed by atoms with Crippen LogP contribution in [0.25, 0.3) is 0 Å². The van der Waals surface area contributed by atoms with Crippen molar-refractivity contribution in [2.45, 2.75) is 44.9 Å². The lowest BCUT2D eigenvalue weighted by molar-refractivity contribution is -0.0630. The fraction of sp³-hybridized carbons (Fsp3) is 0.643. The van der Waals surface area contributed by atoms with Gasteiger partial charge < -0.3 is 14.8 Å². The van der Waals surface area contributed by atoms with E-state index in [4.69, 9.17) is 9.47 Å². The average Bonchev–Trinajstić information content (AvgIpc) is 2.36. The highest BCUT2D eigenvalue weighted by Crippen LogP contribution is 2.24. The molecule has 0 aromatic carbocycles. The molecule has 1 saturated heterocycles. The zero-order valence-corrected chi connectivity index (χ0v) is 11.4. The van der Waals surface area contributed by atoms with Gasteiger partial charge >= 0.3 is 0 Å². The van der Waals surface area contributed by atoms with Crippen molar-refractivity contribution in [2.24, 2.45) is 0 Å². The van der Waals surface area contributed by atoms with E-state index >= 15 is 0 Å². The Morgan fingerprint density at radius 3 is 2.94 bits per heavy atom. The molecule has 4 nitrogen and oxygen atoms in total. The van der Waals surface area contributed by atoms with Crippen LogP contribution in [0.4, 0.5) is 0 Å². The SMILES string of the molecule is COc1ccc(CNC2CCOC(C)(C)C2)cn1. The molecule has 0 saturated carbocycles. The van der Waals surface area contributed by atoms with Gasteiger partial charge in [0, 0.05) is 31.5 Å². The number of hydrogen-bond donors (Lipinski definition) is 1. The second kappa shape index (κ2) is 5.67. The van der Waals surface area contributed by atoms with Gasteiger partial charge in [0.15, 0.2) is 0 Å². The Labute approximate surface area is 109 Å². The number of pyridine rings is 1. The third kappa shape index (κ3) is 3.68. The highest BCUT2D eigenvalue weighted by atomic mass is 16.5. The van der Waals surface area contributed by atoms with Crippen molar-refractivity contribution >= 4 is 0 Å². The minimum Gasteiger partial charge on any atom is -0.481 e. The second-order valence-electron chi connectivity index (χ2n) is 5.39. The summed E-state index contributed by atoms with van der Waals surface area (Å²) in [6.45, 7) is 5.98. The summed E-state index contributed by atoms with van der Waals surface area (Å²) in [4.78, 5) is 4.20. The predicted molar refractivity (Wildman–Crippen MR) is 70.7 cm³/mol. The van der Waals surface area contributed by atoms with Gasteiger partial charge in [0.2, 0.25) is 5.88 Å². The van der Waals surface area contributed by atoms with Crippen LogP contribution in [0.1, 0.15) is 32.3 Å². The third-order valence-corrected chi connectivity index (χ3v) is 3.30. The molecule has 0 radical (unpaired) electrons. The minimum absolute atomic E-state index is 0.00588. The summed E-state index contributed by atoms with van der Waals surface area (Å²) in [5.74, 6) is 0.658. The summed E-state index contributed by atoms with van der Waals surface area (Å²) < 4.78 is 10.8. The van der Waals surface area contributed by atoms with Crippen molar-refractivity contribution in [3.05, 3.63) is 23.9 Å². The van der Waals surface area contributed by atoms with Crippen LogP contribution in [-0.4, -0.2) is 30.3 Å². The van der Waals surface area contributed by atoms with Crippen LogP contribution in [0, 0.1) is 0 Å². The summed E-state index contributed by atoms with van der Waals surface area (Å²) in [6, 6.07) is 4.46. The second-order valence-corrected chi connectivity index (χ2v) is 5.39. The van der Waals surface area contributed by atoms with Gasteiger partial charge in [-0.05, 0) is 32.3 Å². The minimum atomic E-state index is -0.00588. The van der Waals surface area contributed by atoms with Crippen molar-refractivity contribution in [1.82, 2.24) is 10.3 Å². The van der Waals surface area contributed by atoms with Gasteiger partial charge in [-0.3, -0.25) is 0 Å². The summed E-state index contributed by atoms with van der Waals surface area (Å²) >= 11 is 0. The summed E-state index contributed by atoms with van der Waals surface area (Å²) in [7, 11) is 1.63. The first-order chi connectivity index (χ1) is 8.59. The molecule has 1 aromatic heterocycles. The standard InChI is InChI=1S/C14H22N2O2/c1-14(2)8-12(6-7-18-14)15-9-11-4-5-13(17-3)16-10-11/h4-5,10,12,15H,6-9H2,1-3H3. The Kier molecular flexibility index (Phi) is 4.19. The highest BCUT2D eigenvalue weighted by Gasteiger charge is 2.28. The molecule has 100 valence electrons. The number of methoxy groups -OCH3 is 1. The molecule has 4 heteroatoms. The van der Waals surface area contributed by atoms with Crippen molar-refractivity contribution in [2.75, 3.05) is 13.7 Å². The molecule has 1 aromatic rings. The Morgan fingerprint density at radius 1 is 1.50 bits per heavy atom. The van der Waals surface area contributed by atoms with Gasteiger partial charge in [-0.2, -0.15) is 0 Å². The van der Waals surface area contributed by atoms with Gasteiger partial charge in [0.1, 0.15) is 0 Å². The molecule has 1 N–H and O–H groups in total. The van der Waals surface area contributed by atoms with E-state index < -0.39 is 0 Å². The number of aromatic nitrogens is 1. The fourth-order valence-electron chi connectivity index (χ4n) is 2.30. The first-order valence-electron chi connectivity index (χ1n) is 6.45. The molecule has 1 atom stereocenters. The first-order valence-corrected chi connectivity index (χ1v) is 6.45. The molecule has 1 unspecified atom stereocenters. The van der Waals surface area contributed by atoms with Crippen LogP contribution in [0.5, 0.6) is 5.88 Å². The predicted octanol–water partition coefficient (Wildman–Crippen LogP) is 2.14. The lowest BCUT2D eigenvalue weighted by Crippen LogP contribution is -2.43. The van der Waals surface area contributed by atoms with Crippen LogP contribution in [0.3, 0.4) is 0 Å². The molecule has 0 spiro atoms. The Balaban J connectivity index is 1.83. The number of nitrogens with zero attached hydrogens (tertiary/aromatic N) is 1. The first kappa shape index (κ1) is 13.3. The molecule has 2 rings (SSSR count). The Bertz CT molecular complexity index is 376. The summed E-state index contributed by atoms with van der Waals surface area (Å²) in [5.41, 5.74) is 1.17. The average molecular weight is 250 g/mol. The van der Waals surface area contributed by atoms with E-state index in [1.54, 1.807) is 7.11 Å². The van der Waals surface area contributed by atoms with Crippen LogP contribution < -0.4 is 10.1 Å². The van der Waals surface area contributed by atoms with E-state index in [0.29, 0.717) is 11.9 Å². The maximum absolute atomic E-state index is 5.71.